The molecule has 1 fully saturated rings. The number of hydrogen-bond donors (Lipinski definition) is 1. The molecule has 0 aliphatic carbocycles. The summed E-state index contributed by atoms with van der Waals surface area (Å²) < 4.78 is 29.9. The van der Waals surface area contributed by atoms with Crippen LogP contribution >= 0.6 is 0 Å². The minimum Gasteiger partial charge on any atom is -0.507 e. The number of carbonyl (C=O) groups is 2. The average Bonchev–Trinajstić information content (AvgIpc) is 3.08. The van der Waals surface area contributed by atoms with Gasteiger partial charge in [-0.15, -0.1) is 0 Å². The quantitative estimate of drug-likeness (QED) is 0.174. The molecule has 180 valence electrons. The first-order chi connectivity index (χ1) is 16.4. The van der Waals surface area contributed by atoms with Crippen LogP contribution in [0.2, 0.25) is 0 Å². The van der Waals surface area contributed by atoms with Gasteiger partial charge in [0.25, 0.3) is 11.7 Å². The summed E-state index contributed by atoms with van der Waals surface area (Å²) in [5.41, 5.74) is 0.725. The van der Waals surface area contributed by atoms with Gasteiger partial charge in [-0.2, -0.15) is 0 Å². The van der Waals surface area contributed by atoms with Gasteiger partial charge in [0.15, 0.2) is 11.5 Å². The smallest absolute Gasteiger partial charge is 0.295 e. The second kappa shape index (κ2) is 11.5. The lowest BCUT2D eigenvalue weighted by Crippen LogP contribution is -2.31. The van der Waals surface area contributed by atoms with Gasteiger partial charge in [-0.25, -0.2) is 4.39 Å². The summed E-state index contributed by atoms with van der Waals surface area (Å²) in [5.74, 6) is -1.47. The van der Waals surface area contributed by atoms with Crippen LogP contribution in [0, 0.1) is 5.82 Å². The molecule has 0 aromatic heterocycles. The van der Waals surface area contributed by atoms with Crippen molar-refractivity contribution in [1.29, 1.82) is 0 Å². The van der Waals surface area contributed by atoms with Crippen molar-refractivity contribution >= 4 is 17.4 Å². The summed E-state index contributed by atoms with van der Waals surface area (Å²) in [6, 6.07) is 9.32. The first-order valence-corrected chi connectivity index (χ1v) is 11.0. The molecule has 1 aliphatic heterocycles. The van der Waals surface area contributed by atoms with E-state index in [4.69, 9.17) is 14.2 Å². The zero-order chi connectivity index (χ0) is 24.7. The maximum atomic E-state index is 13.4. The largest absolute Gasteiger partial charge is 0.507 e. The second-order valence-electron chi connectivity index (χ2n) is 7.58. The Kier molecular flexibility index (Phi) is 8.43. The molecule has 1 heterocycles. The van der Waals surface area contributed by atoms with Crippen molar-refractivity contribution in [1.82, 2.24) is 4.90 Å². The van der Waals surface area contributed by atoms with Crippen LogP contribution in [0.1, 0.15) is 30.5 Å². The van der Waals surface area contributed by atoms with Gasteiger partial charge >= 0.3 is 0 Å². The molecule has 1 unspecified atom stereocenters. The van der Waals surface area contributed by atoms with Gasteiger partial charge in [-0.1, -0.05) is 18.7 Å². The minimum absolute atomic E-state index is 0.0729. The van der Waals surface area contributed by atoms with Crippen molar-refractivity contribution in [3.05, 3.63) is 77.6 Å². The van der Waals surface area contributed by atoms with E-state index in [-0.39, 0.29) is 30.0 Å². The number of rotatable bonds is 11. The fourth-order valence-electron chi connectivity index (χ4n) is 3.83. The molecule has 3 rings (SSSR count). The molecule has 0 radical (unpaired) electrons. The molecule has 0 spiro atoms. The summed E-state index contributed by atoms with van der Waals surface area (Å²) >= 11 is 0. The van der Waals surface area contributed by atoms with Crippen molar-refractivity contribution in [2.75, 3.05) is 33.5 Å². The highest BCUT2D eigenvalue weighted by Crippen LogP contribution is 2.42. The number of benzene rings is 2. The molecule has 7 nitrogen and oxygen atoms in total. The molecule has 1 N–H and O–H groups in total. The van der Waals surface area contributed by atoms with Gasteiger partial charge in [-0.3, -0.25) is 9.59 Å². The van der Waals surface area contributed by atoms with Crippen molar-refractivity contribution in [2.45, 2.75) is 19.4 Å². The minimum atomic E-state index is -0.866. The average molecular weight is 470 g/mol. The maximum Gasteiger partial charge on any atom is 0.295 e. The zero-order valence-electron chi connectivity index (χ0n) is 19.3. The lowest BCUT2D eigenvalue weighted by molar-refractivity contribution is -0.140. The number of likely N-dealkylation sites (tertiary alicyclic amines) is 1. The lowest BCUT2D eigenvalue weighted by Gasteiger charge is -2.26. The van der Waals surface area contributed by atoms with Gasteiger partial charge in [0.05, 0.1) is 18.2 Å². The Morgan fingerprint density at radius 1 is 1.15 bits per heavy atom. The lowest BCUT2D eigenvalue weighted by atomic mass is 9.95. The van der Waals surface area contributed by atoms with Crippen molar-refractivity contribution in [3.63, 3.8) is 0 Å². The van der Waals surface area contributed by atoms with Gasteiger partial charge in [0.1, 0.15) is 18.2 Å². The van der Waals surface area contributed by atoms with E-state index in [1.54, 1.807) is 31.4 Å². The highest BCUT2D eigenvalue weighted by atomic mass is 19.1. The standard InChI is InChI=1S/C26H28FNO6/c1-4-14-34-20-12-9-18(16-21(20)33-5-2)23-22(24(29)17-7-10-19(27)11-8-17)25(30)26(31)28(23)13-6-15-32-3/h4,7-12,16,23,29H,1,5-6,13-15H2,2-3H3/b24-22+. The van der Waals surface area contributed by atoms with Crippen LogP contribution in [0.5, 0.6) is 11.5 Å². The zero-order valence-corrected chi connectivity index (χ0v) is 19.3. The van der Waals surface area contributed by atoms with Crippen LogP contribution < -0.4 is 9.47 Å². The summed E-state index contributed by atoms with van der Waals surface area (Å²) in [4.78, 5) is 27.4. The summed E-state index contributed by atoms with van der Waals surface area (Å²) in [6.07, 6.45) is 2.10. The Labute approximate surface area is 198 Å². The molecule has 1 amide bonds. The normalized spacial score (nSPS) is 17.1. The predicted octanol–water partition coefficient (Wildman–Crippen LogP) is 4.25. The molecule has 1 atom stereocenters. The third-order valence-corrected chi connectivity index (χ3v) is 5.35. The number of ketones is 1. The number of hydrogen-bond acceptors (Lipinski definition) is 6. The molecule has 34 heavy (non-hydrogen) atoms. The van der Waals surface area contributed by atoms with Crippen LogP contribution in [0.4, 0.5) is 4.39 Å². The third-order valence-electron chi connectivity index (χ3n) is 5.35. The van der Waals surface area contributed by atoms with E-state index in [0.29, 0.717) is 36.7 Å². The van der Waals surface area contributed by atoms with E-state index >= 15 is 0 Å². The fraction of sp³-hybridized carbons (Fsp3) is 0.308. The van der Waals surface area contributed by atoms with Gasteiger partial charge < -0.3 is 24.2 Å². The fourth-order valence-corrected chi connectivity index (χ4v) is 3.83. The van der Waals surface area contributed by atoms with Crippen LogP contribution in [0.15, 0.2) is 60.7 Å². The number of methoxy groups -OCH3 is 1. The number of nitrogens with zero attached hydrogens (tertiary/aromatic N) is 1. The molecule has 8 heteroatoms. The van der Waals surface area contributed by atoms with E-state index < -0.39 is 23.5 Å². The topological polar surface area (TPSA) is 85.3 Å². The number of aliphatic hydroxyl groups excluding tert-OH is 1. The van der Waals surface area contributed by atoms with Gasteiger partial charge in [0.2, 0.25) is 0 Å². The van der Waals surface area contributed by atoms with Crippen LogP contribution in [-0.4, -0.2) is 55.2 Å². The number of aliphatic hydroxyl groups is 1. The predicted molar refractivity (Wildman–Crippen MR) is 125 cm³/mol. The van der Waals surface area contributed by atoms with E-state index in [1.807, 2.05) is 6.92 Å². The van der Waals surface area contributed by atoms with Gasteiger partial charge in [0, 0.05) is 25.8 Å². The first-order valence-electron chi connectivity index (χ1n) is 11.0. The van der Waals surface area contributed by atoms with Crippen LogP contribution in [-0.2, 0) is 14.3 Å². The third kappa shape index (κ3) is 5.28. The first kappa shape index (κ1) is 25.0. The van der Waals surface area contributed by atoms with Crippen molar-refractivity contribution < 1.29 is 33.3 Å². The van der Waals surface area contributed by atoms with E-state index in [0.717, 1.165) is 0 Å². The summed E-state index contributed by atoms with van der Waals surface area (Å²) in [6.45, 7) is 6.75. The molecule has 2 aromatic carbocycles. The number of halogens is 1. The number of amides is 1. The van der Waals surface area contributed by atoms with Crippen molar-refractivity contribution in [2.24, 2.45) is 0 Å². The number of Topliss-reactive ketones (excluding diaryl/α,β-unsaturated/α-hetero) is 1. The molecule has 0 saturated carbocycles. The number of ether oxygens (including phenoxy) is 3. The molecule has 1 saturated heterocycles. The van der Waals surface area contributed by atoms with E-state index in [1.165, 1.54) is 29.2 Å². The maximum absolute atomic E-state index is 13.4. The Bertz CT molecular complexity index is 1080. The summed E-state index contributed by atoms with van der Waals surface area (Å²) in [5, 5.41) is 11.0. The van der Waals surface area contributed by atoms with Crippen LogP contribution in [0.25, 0.3) is 5.76 Å². The second-order valence-corrected chi connectivity index (χ2v) is 7.58. The molecule has 2 aromatic rings. The molecule has 0 bridgehead atoms. The van der Waals surface area contributed by atoms with Crippen LogP contribution in [0.3, 0.4) is 0 Å². The Morgan fingerprint density at radius 3 is 2.53 bits per heavy atom. The monoisotopic (exact) mass is 469 g/mol. The highest BCUT2D eigenvalue weighted by Gasteiger charge is 2.46. The Balaban J connectivity index is 2.13. The van der Waals surface area contributed by atoms with Crippen molar-refractivity contribution in [3.8, 4) is 11.5 Å². The van der Waals surface area contributed by atoms with E-state index in [9.17, 15) is 19.1 Å². The highest BCUT2D eigenvalue weighted by molar-refractivity contribution is 6.46. The van der Waals surface area contributed by atoms with E-state index in [2.05, 4.69) is 6.58 Å². The Hall–Kier alpha value is -3.65. The number of carbonyl (C=O) groups excluding carboxylic acids is 2. The SMILES string of the molecule is C=CCOc1ccc(C2/C(=C(\O)c3ccc(F)cc3)C(=O)C(=O)N2CCCOC)cc1OCC. The Morgan fingerprint density at radius 2 is 1.88 bits per heavy atom. The molecular formula is C26H28FNO6. The molecular weight excluding hydrogens is 441 g/mol. The molecule has 1 aliphatic rings. The summed E-state index contributed by atoms with van der Waals surface area (Å²) in [7, 11) is 1.55. The van der Waals surface area contributed by atoms with Gasteiger partial charge in [-0.05, 0) is 55.3 Å².